The third-order valence-electron chi connectivity index (χ3n) is 11.6. The molecule has 3 amide bonds. The molecule has 2 atom stereocenters. The molecule has 0 fully saturated rings. The van der Waals surface area contributed by atoms with Crippen molar-refractivity contribution in [1.29, 1.82) is 0 Å². The third-order valence-corrected chi connectivity index (χ3v) is 11.6. The minimum absolute atomic E-state index is 0.0186. The zero-order valence-electron chi connectivity index (χ0n) is 34.1. The summed E-state index contributed by atoms with van der Waals surface area (Å²) in [6.45, 7) is 8.40. The van der Waals surface area contributed by atoms with Crippen LogP contribution in [0.5, 0.6) is 17.2 Å². The van der Waals surface area contributed by atoms with E-state index in [2.05, 4.69) is 17.4 Å². The lowest BCUT2D eigenvalue weighted by atomic mass is 9.92. The van der Waals surface area contributed by atoms with Crippen molar-refractivity contribution in [3.05, 3.63) is 136 Å². The lowest BCUT2D eigenvalue weighted by Gasteiger charge is -2.23. The fourth-order valence-electron chi connectivity index (χ4n) is 8.91. The number of methoxy groups -OCH3 is 1. The predicted molar refractivity (Wildman–Crippen MR) is 230 cm³/mol. The molecule has 10 heteroatoms. The van der Waals surface area contributed by atoms with E-state index in [0.29, 0.717) is 46.2 Å². The van der Waals surface area contributed by atoms with E-state index in [1.54, 1.807) is 7.11 Å². The smallest absolute Gasteiger partial charge is 0.261 e. The highest BCUT2D eigenvalue weighted by molar-refractivity contribution is 6.14. The summed E-state index contributed by atoms with van der Waals surface area (Å²) in [6.07, 6.45) is 5.37. The summed E-state index contributed by atoms with van der Waals surface area (Å²) in [6, 6.07) is 29.4. The van der Waals surface area contributed by atoms with Crippen LogP contribution < -0.4 is 29.3 Å². The molecule has 0 saturated heterocycles. The molecular formula is C49H48N4O6. The summed E-state index contributed by atoms with van der Waals surface area (Å²) in [5, 5.41) is 3.09. The first-order valence-corrected chi connectivity index (χ1v) is 20.3. The number of benzene rings is 5. The Bertz CT molecular complexity index is 2550. The molecule has 0 aliphatic carbocycles. The summed E-state index contributed by atoms with van der Waals surface area (Å²) in [5.74, 6) is 1.45. The van der Waals surface area contributed by atoms with Crippen molar-refractivity contribution in [2.75, 3.05) is 22.2 Å². The summed E-state index contributed by atoms with van der Waals surface area (Å²) in [7, 11) is 1.58. The average Bonchev–Trinajstić information content (AvgIpc) is 3.70. The molecule has 4 aliphatic heterocycles. The largest absolute Gasteiger partial charge is 0.493 e. The number of ether oxygens (including phenoxy) is 3. The quantitative estimate of drug-likeness (QED) is 0.160. The molecule has 5 aromatic carbocycles. The zero-order valence-corrected chi connectivity index (χ0v) is 34.1. The zero-order chi connectivity index (χ0) is 41.0. The number of rotatable bonds is 9. The van der Waals surface area contributed by atoms with Crippen molar-refractivity contribution in [2.45, 2.75) is 85.1 Å². The lowest BCUT2D eigenvalue weighted by Crippen LogP contribution is -2.37. The molecule has 0 saturated carbocycles. The second-order valence-corrected chi connectivity index (χ2v) is 17.3. The van der Waals surface area contributed by atoms with Gasteiger partial charge >= 0.3 is 0 Å². The number of amides is 3. The topological polar surface area (TPSA) is 110 Å². The Hall–Kier alpha value is -6.42. The van der Waals surface area contributed by atoms with Crippen molar-refractivity contribution in [3.63, 3.8) is 0 Å². The van der Waals surface area contributed by atoms with E-state index < -0.39 is 0 Å². The highest BCUT2D eigenvalue weighted by atomic mass is 16.5. The molecule has 0 unspecified atom stereocenters. The molecule has 1 N–H and O–H groups in total. The Morgan fingerprint density at radius 1 is 0.763 bits per heavy atom. The van der Waals surface area contributed by atoms with Crippen LogP contribution in [0.2, 0.25) is 0 Å². The molecule has 4 heterocycles. The van der Waals surface area contributed by atoms with Crippen LogP contribution in [0.15, 0.2) is 96.0 Å². The summed E-state index contributed by atoms with van der Waals surface area (Å²) in [4.78, 5) is 49.6. The van der Waals surface area contributed by atoms with Crippen molar-refractivity contribution >= 4 is 46.7 Å². The van der Waals surface area contributed by atoms with Crippen molar-refractivity contribution in [2.24, 2.45) is 10.4 Å². The van der Waals surface area contributed by atoms with Gasteiger partial charge in [-0.05, 0) is 114 Å². The van der Waals surface area contributed by atoms with Gasteiger partial charge in [0.05, 0.1) is 24.4 Å². The molecule has 0 bridgehead atoms. The van der Waals surface area contributed by atoms with Crippen LogP contribution in [-0.4, -0.2) is 43.1 Å². The highest BCUT2D eigenvalue weighted by Crippen LogP contribution is 2.42. The van der Waals surface area contributed by atoms with E-state index in [1.165, 1.54) is 5.56 Å². The van der Waals surface area contributed by atoms with Gasteiger partial charge in [0, 0.05) is 53.8 Å². The van der Waals surface area contributed by atoms with Crippen LogP contribution in [0, 0.1) is 12.3 Å². The van der Waals surface area contributed by atoms with Gasteiger partial charge in [-0.1, -0.05) is 57.2 Å². The van der Waals surface area contributed by atoms with E-state index >= 15 is 0 Å². The Balaban J connectivity index is 0.961. The van der Waals surface area contributed by atoms with Crippen LogP contribution in [-0.2, 0) is 37.3 Å². The molecule has 300 valence electrons. The molecule has 0 aromatic heterocycles. The number of hydrogen-bond acceptors (Lipinski definition) is 7. The summed E-state index contributed by atoms with van der Waals surface area (Å²) >= 11 is 0. The molecular weight excluding hydrogens is 741 g/mol. The van der Waals surface area contributed by atoms with Crippen LogP contribution in [0.4, 0.5) is 22.7 Å². The number of fused-ring (bicyclic) bond motifs is 8. The molecule has 9 rings (SSSR count). The molecule has 10 nitrogen and oxygen atoms in total. The lowest BCUT2D eigenvalue weighted by molar-refractivity contribution is -0.117. The summed E-state index contributed by atoms with van der Waals surface area (Å²) < 4.78 is 18.7. The number of aliphatic imine (C=N–C) groups is 1. The van der Waals surface area contributed by atoms with Gasteiger partial charge in [0.1, 0.15) is 19.0 Å². The number of aryl methyl sites for hydroxylation is 2. The van der Waals surface area contributed by atoms with E-state index in [0.717, 1.165) is 64.9 Å². The van der Waals surface area contributed by atoms with Crippen LogP contribution >= 0.6 is 0 Å². The van der Waals surface area contributed by atoms with Crippen molar-refractivity contribution < 1.29 is 28.6 Å². The van der Waals surface area contributed by atoms with Crippen LogP contribution in [0.1, 0.15) is 87.7 Å². The van der Waals surface area contributed by atoms with Gasteiger partial charge in [-0.3, -0.25) is 24.3 Å². The minimum Gasteiger partial charge on any atom is -0.493 e. The molecule has 59 heavy (non-hydrogen) atoms. The number of nitrogens with one attached hydrogen (secondary N) is 1. The second-order valence-electron chi connectivity index (χ2n) is 17.3. The van der Waals surface area contributed by atoms with Gasteiger partial charge in [-0.15, -0.1) is 0 Å². The Labute approximate surface area is 344 Å². The average molecular weight is 789 g/mol. The maximum atomic E-state index is 14.0. The number of carbonyl (C=O) groups excluding carboxylic acids is 3. The molecule has 0 spiro atoms. The summed E-state index contributed by atoms with van der Waals surface area (Å²) in [5.41, 5.74) is 9.82. The van der Waals surface area contributed by atoms with Gasteiger partial charge in [0.15, 0.2) is 11.5 Å². The van der Waals surface area contributed by atoms with Gasteiger partial charge in [-0.25, -0.2) is 0 Å². The number of hydrogen-bond donors (Lipinski definition) is 1. The third kappa shape index (κ3) is 7.44. The SMILES string of the molecule is COc1cc2c(cc1OCc1cc(COc3cc4c(cc3C)C(=O)N3c5ccccc5C[C@H]3C=N4)cc(NC(=O)CC(C)(C)C)c1)CC[C@@H]1Cc3ccccc3N1C2=O. The van der Waals surface area contributed by atoms with E-state index in [9.17, 15) is 14.4 Å². The molecule has 0 radical (unpaired) electrons. The second kappa shape index (κ2) is 15.1. The number of carbonyl (C=O) groups is 3. The van der Waals surface area contributed by atoms with E-state index in [-0.39, 0.29) is 48.4 Å². The van der Waals surface area contributed by atoms with Crippen LogP contribution in [0.25, 0.3) is 0 Å². The maximum absolute atomic E-state index is 14.0. The van der Waals surface area contributed by atoms with Gasteiger partial charge < -0.3 is 24.4 Å². The number of anilines is 3. The van der Waals surface area contributed by atoms with Crippen molar-refractivity contribution in [1.82, 2.24) is 0 Å². The van der Waals surface area contributed by atoms with E-state index in [1.807, 2.05) is 123 Å². The standard InChI is InChI=1S/C49H48N4O6/c1-29-16-39-40(50-26-37-21-34-11-7-9-13-42(34)53(37)48(39)56)24-43(29)58-27-30-17-31(19-35(18-30)51-46(54)25-49(2,3)4)28-59-45-22-32-14-15-36-20-33-10-6-8-12-41(33)52(36)47(55)38(32)23-44(45)57-5/h6-13,16-19,22-24,26,36-37H,14-15,20-21,25,27-28H2,1-5H3,(H,51,54)/t36-,37+/m1/s1. The van der Waals surface area contributed by atoms with Crippen molar-refractivity contribution in [3.8, 4) is 17.2 Å². The Kier molecular flexibility index (Phi) is 9.74. The van der Waals surface area contributed by atoms with Gasteiger partial charge in [-0.2, -0.15) is 0 Å². The minimum atomic E-state index is -0.190. The first kappa shape index (κ1) is 38.1. The molecule has 4 aliphatic rings. The first-order valence-electron chi connectivity index (χ1n) is 20.3. The first-order chi connectivity index (χ1) is 28.4. The molecule has 5 aromatic rings. The Morgan fingerprint density at radius 2 is 1.42 bits per heavy atom. The number of para-hydroxylation sites is 2. The van der Waals surface area contributed by atoms with Gasteiger partial charge in [0.25, 0.3) is 11.8 Å². The maximum Gasteiger partial charge on any atom is 0.261 e. The monoisotopic (exact) mass is 788 g/mol. The predicted octanol–water partition coefficient (Wildman–Crippen LogP) is 9.34. The Morgan fingerprint density at radius 3 is 2.14 bits per heavy atom. The normalized spacial score (nSPS) is 17.5. The fraction of sp³-hybridized carbons (Fsp3) is 0.306. The number of nitrogens with zero attached hydrogens (tertiary/aromatic N) is 3. The van der Waals surface area contributed by atoms with Crippen LogP contribution in [0.3, 0.4) is 0 Å². The fourth-order valence-corrected chi connectivity index (χ4v) is 8.91. The van der Waals surface area contributed by atoms with Gasteiger partial charge in [0.2, 0.25) is 5.91 Å². The highest BCUT2D eigenvalue weighted by Gasteiger charge is 2.38. The van der Waals surface area contributed by atoms with E-state index in [4.69, 9.17) is 19.2 Å².